The largest absolute Gasteiger partial charge is 0.458 e. The lowest BCUT2D eigenvalue weighted by Crippen LogP contribution is -2.55. The van der Waals surface area contributed by atoms with Crippen LogP contribution in [0.3, 0.4) is 0 Å². The number of rotatable bonds is 20. The molecule has 0 bridgehead atoms. The van der Waals surface area contributed by atoms with Crippen molar-refractivity contribution in [3.63, 3.8) is 0 Å². The van der Waals surface area contributed by atoms with Crippen molar-refractivity contribution in [1.82, 2.24) is 25.5 Å². The van der Waals surface area contributed by atoms with Crippen LogP contribution in [0.25, 0.3) is 22.3 Å². The fourth-order valence-corrected chi connectivity index (χ4v) is 9.76. The monoisotopic (exact) mass is 997 g/mol. The van der Waals surface area contributed by atoms with Crippen molar-refractivity contribution in [3.8, 4) is 11.4 Å². The number of cyclic esters (lactones) is 1. The summed E-state index contributed by atoms with van der Waals surface area (Å²) in [4.78, 5) is 85.9. The van der Waals surface area contributed by atoms with Gasteiger partial charge in [0.1, 0.15) is 31.1 Å². The van der Waals surface area contributed by atoms with Crippen molar-refractivity contribution < 1.29 is 47.7 Å². The number of alkyl carbamates (subject to hydrolysis) is 1. The molecule has 388 valence electrons. The molecule has 18 nitrogen and oxygen atoms in total. The van der Waals surface area contributed by atoms with E-state index in [0.717, 1.165) is 5.56 Å². The third-order valence-electron chi connectivity index (χ3n) is 13.9. The van der Waals surface area contributed by atoms with Crippen molar-refractivity contribution in [2.24, 2.45) is 17.4 Å². The number of unbranched alkanes of at least 4 members (excludes halogenated alkanes) is 1. The van der Waals surface area contributed by atoms with E-state index in [1.54, 1.807) is 58.0 Å². The summed E-state index contributed by atoms with van der Waals surface area (Å²) in [5.74, 6) is -2.91. The van der Waals surface area contributed by atoms with Crippen molar-refractivity contribution >= 4 is 46.4 Å². The van der Waals surface area contributed by atoms with Gasteiger partial charge in [0, 0.05) is 40.4 Å². The molecule has 0 fully saturated rings. The number of nitrogens with zero attached hydrogens (tertiary/aromatic N) is 2. The number of pyridine rings is 2. The normalized spacial score (nSPS) is 17.8. The number of anilines is 1. The minimum atomic E-state index is -2.03. The quantitative estimate of drug-likeness (QED) is 0.0378. The second-order valence-electron chi connectivity index (χ2n) is 21.0. The first-order chi connectivity index (χ1) is 33.9. The molecule has 1 aliphatic carbocycles. The number of nitrogens with two attached hydrogens (primary N) is 2. The lowest BCUT2D eigenvalue weighted by atomic mass is 9.81. The Morgan fingerprint density at radius 1 is 1.03 bits per heavy atom. The van der Waals surface area contributed by atoms with E-state index in [1.165, 1.54) is 10.6 Å². The lowest BCUT2D eigenvalue weighted by Gasteiger charge is -2.31. The maximum absolute atomic E-state index is 15.4. The van der Waals surface area contributed by atoms with Crippen LogP contribution in [-0.4, -0.2) is 80.8 Å². The van der Waals surface area contributed by atoms with E-state index < -0.39 is 70.1 Å². The predicted molar refractivity (Wildman–Crippen MR) is 268 cm³/mol. The van der Waals surface area contributed by atoms with Crippen molar-refractivity contribution in [2.75, 3.05) is 18.5 Å². The van der Waals surface area contributed by atoms with Gasteiger partial charge < -0.3 is 56.6 Å². The first kappa shape index (κ1) is 53.5. The van der Waals surface area contributed by atoms with Gasteiger partial charge in [-0.3, -0.25) is 19.2 Å². The van der Waals surface area contributed by atoms with Gasteiger partial charge in [-0.2, -0.15) is 0 Å². The van der Waals surface area contributed by atoms with Gasteiger partial charge in [0.25, 0.3) is 5.56 Å². The minimum Gasteiger partial charge on any atom is -0.458 e. The van der Waals surface area contributed by atoms with E-state index in [9.17, 15) is 33.9 Å². The summed E-state index contributed by atoms with van der Waals surface area (Å²) in [6, 6.07) is 7.16. The first-order valence-corrected chi connectivity index (χ1v) is 24.8. The summed E-state index contributed by atoms with van der Waals surface area (Å²) < 4.78 is 33.8. The third-order valence-corrected chi connectivity index (χ3v) is 13.9. The van der Waals surface area contributed by atoms with Gasteiger partial charge in [0.2, 0.25) is 17.7 Å². The van der Waals surface area contributed by atoms with Crippen LogP contribution in [0.15, 0.2) is 41.2 Å². The Hall–Kier alpha value is -6.28. The Morgan fingerprint density at radius 3 is 2.42 bits per heavy atom. The number of hydrogen-bond acceptors (Lipinski definition) is 13. The number of fused-ring (bicyclic) bond motifs is 5. The lowest BCUT2D eigenvalue weighted by molar-refractivity contribution is -0.172. The zero-order chi connectivity index (χ0) is 52.4. The molecule has 2 aromatic carbocycles. The zero-order valence-corrected chi connectivity index (χ0v) is 42.5. The fraction of sp³-hybridized carbons (Fsp3) is 0.528. The van der Waals surface area contributed by atoms with E-state index >= 15 is 4.39 Å². The topological polar surface area (TPSA) is 268 Å². The summed E-state index contributed by atoms with van der Waals surface area (Å²) >= 11 is 0. The highest BCUT2D eigenvalue weighted by Crippen LogP contribution is 2.46. The SMILES string of the molecule is CC[C@@]1(O)C(=O)OCc2c1cc1n(c2=O)Cc2c-1nc1cc(F)c(C)c3c1c2[C@@H](NC(=O)OCc1ccc(NC(=O)[C@H](CCCCN)NC(=O)C(NC(=O)CC(C)(C)OCCC(C)(C)N)C(C)C)cc1)CC3. The number of aryl methyl sites for hydroxylation is 1. The van der Waals surface area contributed by atoms with Gasteiger partial charge in [-0.05, 0) is 132 Å². The van der Waals surface area contributed by atoms with E-state index in [0.29, 0.717) is 102 Å². The summed E-state index contributed by atoms with van der Waals surface area (Å²) in [5, 5.41) is 23.6. The predicted octanol–water partition coefficient (Wildman–Crippen LogP) is 5.45. The Bertz CT molecular complexity index is 2820. The molecular weight excluding hydrogens is 928 g/mol. The number of benzene rings is 2. The fourth-order valence-electron chi connectivity index (χ4n) is 9.76. The van der Waals surface area contributed by atoms with Crippen molar-refractivity contribution in [3.05, 3.63) is 91.5 Å². The van der Waals surface area contributed by atoms with E-state index in [-0.39, 0.29) is 55.6 Å². The molecule has 0 saturated carbocycles. The average molecular weight is 997 g/mol. The second-order valence-corrected chi connectivity index (χ2v) is 21.0. The Morgan fingerprint density at radius 2 is 1.75 bits per heavy atom. The number of nitrogens with one attached hydrogen (secondary N) is 4. The van der Waals surface area contributed by atoms with E-state index in [4.69, 9.17) is 30.7 Å². The van der Waals surface area contributed by atoms with Crippen molar-refractivity contribution in [1.29, 1.82) is 0 Å². The summed E-state index contributed by atoms with van der Waals surface area (Å²) in [5.41, 5.74) is 13.2. The first-order valence-electron chi connectivity index (χ1n) is 24.8. The Balaban J connectivity index is 1.01. The molecular formula is C53H69FN8O10. The van der Waals surface area contributed by atoms with Gasteiger partial charge in [0.15, 0.2) is 5.60 Å². The number of carbonyl (C=O) groups is 5. The average Bonchev–Trinajstić information content (AvgIpc) is 3.68. The van der Waals surface area contributed by atoms with Gasteiger partial charge >= 0.3 is 12.1 Å². The van der Waals surface area contributed by atoms with Crippen LogP contribution >= 0.6 is 0 Å². The van der Waals surface area contributed by atoms with Crippen molar-refractivity contribution in [2.45, 2.75) is 161 Å². The maximum atomic E-state index is 15.4. The summed E-state index contributed by atoms with van der Waals surface area (Å²) in [6.07, 6.45) is 2.20. The van der Waals surface area contributed by atoms with Crippen LogP contribution < -0.4 is 38.3 Å². The number of aliphatic hydroxyl groups is 1. The molecule has 0 saturated heterocycles. The van der Waals surface area contributed by atoms with Crippen LogP contribution in [0.2, 0.25) is 0 Å². The van der Waals surface area contributed by atoms with Gasteiger partial charge in [0.05, 0.1) is 47.1 Å². The summed E-state index contributed by atoms with van der Waals surface area (Å²) in [7, 11) is 0. The Kier molecular flexibility index (Phi) is 15.9. The van der Waals surface area contributed by atoms with Gasteiger partial charge in [-0.1, -0.05) is 32.9 Å². The number of halogens is 1. The zero-order valence-electron chi connectivity index (χ0n) is 42.5. The highest BCUT2D eigenvalue weighted by atomic mass is 19.1. The van der Waals surface area contributed by atoms with Crippen LogP contribution in [-0.2, 0) is 65.2 Å². The molecule has 3 aliphatic rings. The molecule has 2 aliphatic heterocycles. The van der Waals surface area contributed by atoms with E-state index in [2.05, 4.69) is 21.3 Å². The molecule has 4 aromatic rings. The molecule has 2 aromatic heterocycles. The van der Waals surface area contributed by atoms with Gasteiger partial charge in [-0.15, -0.1) is 0 Å². The molecule has 9 N–H and O–H groups in total. The van der Waals surface area contributed by atoms with E-state index in [1.807, 2.05) is 27.7 Å². The molecule has 72 heavy (non-hydrogen) atoms. The molecule has 4 atom stereocenters. The number of carbonyl (C=O) groups excluding carboxylic acids is 5. The number of esters is 1. The number of ether oxygens (including phenoxy) is 3. The molecule has 1 unspecified atom stereocenters. The molecule has 4 amide bonds. The molecule has 0 radical (unpaired) electrons. The Labute approximate surface area is 418 Å². The number of hydrogen-bond donors (Lipinski definition) is 7. The molecule has 0 spiro atoms. The van der Waals surface area contributed by atoms with Crippen LogP contribution in [0.1, 0.15) is 138 Å². The van der Waals surface area contributed by atoms with Crippen LogP contribution in [0, 0.1) is 18.7 Å². The van der Waals surface area contributed by atoms with Gasteiger partial charge in [-0.25, -0.2) is 19.0 Å². The standard InChI is InChI=1S/C53H69FN8O10/c1-9-53(69)35-22-40-45-33(25-62(40)48(66)34(35)27-70-49(53)67)43-37(18-17-32-29(4)36(54)23-39(58-45)42(32)43)60-50(68)71-26-30-13-15-31(16-14-30)57-46(64)38(12-10-11-20-55)59-47(65)44(28(2)3)61-41(63)24-52(7,8)72-21-19-51(5,6)56/h13-16,22-23,28,37-38,44,69H,9-12,17-21,24-27,55-56H2,1-8H3,(H,57,64)(H,59,65)(H,60,68)(H,61,63)/t37-,38-,44?,53-/m0/s1. The minimum absolute atomic E-state index is 0.00678. The molecule has 4 heterocycles. The van der Waals surface area contributed by atoms with Crippen LogP contribution in [0.4, 0.5) is 14.9 Å². The highest BCUT2D eigenvalue weighted by molar-refractivity contribution is 5.99. The third kappa shape index (κ3) is 11.5. The summed E-state index contributed by atoms with van der Waals surface area (Å²) in [6.45, 7) is 14.8. The smallest absolute Gasteiger partial charge is 0.407 e. The number of aromatic nitrogens is 2. The molecule has 7 rings (SSSR count). The highest BCUT2D eigenvalue weighted by Gasteiger charge is 2.46. The maximum Gasteiger partial charge on any atom is 0.407 e. The van der Waals surface area contributed by atoms with Crippen LogP contribution in [0.5, 0.6) is 0 Å². The second kappa shape index (κ2) is 21.4. The number of amides is 4. The molecule has 19 heteroatoms.